The Hall–Kier alpha value is -2.59. The van der Waals surface area contributed by atoms with Gasteiger partial charge in [-0.1, -0.05) is 43.7 Å². The number of carboxylic acid groups (broad SMARTS) is 1. The maximum atomic E-state index is 14.6. The van der Waals surface area contributed by atoms with Crippen LogP contribution in [0.5, 0.6) is 0 Å². The fraction of sp³-hybridized carbons (Fsp3) is 0.409. The minimum absolute atomic E-state index is 0.136. The number of sulfonamides is 1. The van der Waals surface area contributed by atoms with Crippen molar-refractivity contribution >= 4 is 21.7 Å². The van der Waals surface area contributed by atoms with E-state index < -0.39 is 46.3 Å². The molecule has 1 N–H and O–H groups in total. The molecule has 3 unspecified atom stereocenters. The molecular formula is C22H22F3NO5S. The first kappa shape index (κ1) is 22.6. The first-order valence-corrected chi connectivity index (χ1v) is 11.5. The van der Waals surface area contributed by atoms with Gasteiger partial charge in [0.25, 0.3) is 10.0 Å². The number of aryl methyl sites for hydroxylation is 1. The number of hydrogen-bond donors (Lipinski definition) is 1. The summed E-state index contributed by atoms with van der Waals surface area (Å²) in [4.78, 5) is 11.7. The number of benzene rings is 2. The summed E-state index contributed by atoms with van der Waals surface area (Å²) in [5.74, 6) is -3.39. The van der Waals surface area contributed by atoms with E-state index in [1.807, 2.05) is 0 Å². The first-order chi connectivity index (χ1) is 14.8. The third kappa shape index (κ3) is 3.03. The molecule has 0 bridgehead atoms. The van der Waals surface area contributed by atoms with Crippen LogP contribution in [0.2, 0.25) is 0 Å². The normalized spacial score (nSPS) is 25.2. The lowest BCUT2D eigenvalue weighted by molar-refractivity contribution is -0.269. The summed E-state index contributed by atoms with van der Waals surface area (Å²) in [5, 5.41) is 9.68. The Morgan fingerprint density at radius 1 is 1.19 bits per heavy atom. The summed E-state index contributed by atoms with van der Waals surface area (Å²) in [6.45, 7) is 4.58. The van der Waals surface area contributed by atoms with Crippen molar-refractivity contribution in [2.24, 2.45) is 5.92 Å². The Morgan fingerprint density at radius 3 is 2.34 bits per heavy atom. The first-order valence-electron chi connectivity index (χ1n) is 10.0. The van der Waals surface area contributed by atoms with Crippen molar-refractivity contribution < 1.29 is 36.2 Å². The van der Waals surface area contributed by atoms with Crippen LogP contribution in [-0.2, 0) is 25.2 Å². The molecule has 0 amide bonds. The van der Waals surface area contributed by atoms with Crippen molar-refractivity contribution in [1.82, 2.24) is 0 Å². The Labute approximate surface area is 183 Å². The summed E-state index contributed by atoms with van der Waals surface area (Å²) < 4.78 is 77.0. The van der Waals surface area contributed by atoms with Crippen LogP contribution in [0, 0.1) is 12.8 Å². The molecule has 0 saturated carbocycles. The number of hydrogen-bond acceptors (Lipinski definition) is 4. The van der Waals surface area contributed by atoms with Crippen LogP contribution >= 0.6 is 0 Å². The largest absolute Gasteiger partial charge is 0.481 e. The van der Waals surface area contributed by atoms with Crippen LogP contribution in [0.25, 0.3) is 0 Å². The highest BCUT2D eigenvalue weighted by molar-refractivity contribution is 7.92. The van der Waals surface area contributed by atoms with E-state index in [-0.39, 0.29) is 22.1 Å². The molecule has 0 aromatic heterocycles. The van der Waals surface area contributed by atoms with Crippen LogP contribution in [-0.4, -0.2) is 38.3 Å². The molecule has 2 aromatic carbocycles. The molecule has 4 rings (SSSR count). The van der Waals surface area contributed by atoms with Crippen LogP contribution in [0.15, 0.2) is 47.4 Å². The number of fused-ring (bicyclic) bond motifs is 3. The molecule has 0 aliphatic carbocycles. The van der Waals surface area contributed by atoms with E-state index in [0.717, 1.165) is 5.56 Å². The molecule has 2 aliphatic heterocycles. The van der Waals surface area contributed by atoms with Crippen LogP contribution < -0.4 is 4.31 Å². The van der Waals surface area contributed by atoms with Crippen molar-refractivity contribution in [3.05, 3.63) is 59.2 Å². The quantitative estimate of drug-likeness (QED) is 0.726. The number of halogens is 3. The summed E-state index contributed by atoms with van der Waals surface area (Å²) in [5.41, 5.74) is -2.34. The maximum absolute atomic E-state index is 14.6. The topological polar surface area (TPSA) is 83.9 Å². The Bertz CT molecular complexity index is 1180. The summed E-state index contributed by atoms with van der Waals surface area (Å²) in [7, 11) is -4.53. The number of aliphatic carboxylic acids is 1. The molecule has 6 nitrogen and oxygen atoms in total. The second-order valence-electron chi connectivity index (χ2n) is 8.48. The predicted molar refractivity (Wildman–Crippen MR) is 110 cm³/mol. The second-order valence-corrected chi connectivity index (χ2v) is 10.3. The summed E-state index contributed by atoms with van der Waals surface area (Å²) in [6.07, 6.45) is -5.05. The SMILES string of the molecule is Cc1ccc(S(=O)(=O)N2c3ccc(C(C)C)cc3C3(C(F)(F)F)OCC(C(=O)O)C23)cc1. The highest BCUT2D eigenvalue weighted by Gasteiger charge is 2.75. The van der Waals surface area contributed by atoms with Gasteiger partial charge in [-0.25, -0.2) is 8.42 Å². The van der Waals surface area contributed by atoms with Crippen molar-refractivity contribution in [3.63, 3.8) is 0 Å². The van der Waals surface area contributed by atoms with E-state index in [1.165, 1.54) is 36.4 Å². The number of anilines is 1. The van der Waals surface area contributed by atoms with E-state index in [0.29, 0.717) is 9.87 Å². The molecule has 2 heterocycles. The molecule has 3 atom stereocenters. The lowest BCUT2D eigenvalue weighted by Gasteiger charge is -2.34. The highest BCUT2D eigenvalue weighted by atomic mass is 32.2. The molecule has 10 heteroatoms. The number of ether oxygens (including phenoxy) is 1. The molecule has 172 valence electrons. The third-order valence-corrected chi connectivity index (χ3v) is 7.99. The van der Waals surface area contributed by atoms with Crippen molar-refractivity contribution in [2.75, 3.05) is 10.9 Å². The van der Waals surface area contributed by atoms with E-state index in [1.54, 1.807) is 26.8 Å². The van der Waals surface area contributed by atoms with Crippen LogP contribution in [0.1, 0.15) is 36.5 Å². The smallest absolute Gasteiger partial charge is 0.423 e. The number of carbonyl (C=O) groups is 1. The van der Waals surface area contributed by atoms with Gasteiger partial charge in [0.05, 0.1) is 17.2 Å². The van der Waals surface area contributed by atoms with Gasteiger partial charge in [0.15, 0.2) is 0 Å². The van der Waals surface area contributed by atoms with Gasteiger partial charge in [0.2, 0.25) is 5.60 Å². The average Bonchev–Trinajstić information content (AvgIpc) is 3.22. The standard InChI is InChI=1S/C22H22F3NO5S/c1-12(2)14-6-9-18-17(10-14)21(22(23,24)25)19(16(11-31-21)20(27)28)26(18)32(29,30)15-7-4-13(3)5-8-15/h4-10,12,16,19H,11H2,1-3H3,(H,27,28). The minimum Gasteiger partial charge on any atom is -0.481 e. The van der Waals surface area contributed by atoms with E-state index in [9.17, 15) is 31.5 Å². The van der Waals surface area contributed by atoms with Gasteiger partial charge >= 0.3 is 12.1 Å². The molecule has 2 aliphatic rings. The molecular weight excluding hydrogens is 447 g/mol. The van der Waals surface area contributed by atoms with Gasteiger partial charge in [0.1, 0.15) is 12.0 Å². The van der Waals surface area contributed by atoms with Gasteiger partial charge in [-0.15, -0.1) is 0 Å². The Morgan fingerprint density at radius 2 is 1.81 bits per heavy atom. The van der Waals surface area contributed by atoms with Gasteiger partial charge in [-0.05, 0) is 36.6 Å². The molecule has 1 saturated heterocycles. The van der Waals surface area contributed by atoms with E-state index >= 15 is 0 Å². The minimum atomic E-state index is -5.05. The molecule has 1 fully saturated rings. The fourth-order valence-electron chi connectivity index (χ4n) is 4.51. The van der Waals surface area contributed by atoms with Crippen LogP contribution in [0.4, 0.5) is 18.9 Å². The van der Waals surface area contributed by atoms with Crippen molar-refractivity contribution in [2.45, 2.75) is 49.4 Å². The zero-order chi connectivity index (χ0) is 23.6. The Balaban J connectivity index is 2.04. The van der Waals surface area contributed by atoms with E-state index in [2.05, 4.69) is 0 Å². The monoisotopic (exact) mass is 469 g/mol. The summed E-state index contributed by atoms with van der Waals surface area (Å²) in [6, 6.07) is 7.80. The zero-order valence-electron chi connectivity index (χ0n) is 17.6. The van der Waals surface area contributed by atoms with Crippen molar-refractivity contribution in [1.29, 1.82) is 0 Å². The number of nitrogens with zero attached hydrogens (tertiary/aromatic N) is 1. The fourth-order valence-corrected chi connectivity index (χ4v) is 6.23. The predicted octanol–water partition coefficient (Wildman–Crippen LogP) is 4.18. The second kappa shape index (κ2) is 7.21. The molecule has 32 heavy (non-hydrogen) atoms. The van der Waals surface area contributed by atoms with Gasteiger partial charge in [-0.3, -0.25) is 9.10 Å². The van der Waals surface area contributed by atoms with E-state index in [4.69, 9.17) is 4.74 Å². The lowest BCUT2D eigenvalue weighted by atomic mass is 9.83. The van der Waals surface area contributed by atoms with Gasteiger partial charge in [0, 0.05) is 5.56 Å². The van der Waals surface area contributed by atoms with Crippen molar-refractivity contribution in [3.8, 4) is 0 Å². The summed E-state index contributed by atoms with van der Waals surface area (Å²) >= 11 is 0. The van der Waals surface area contributed by atoms with Crippen LogP contribution in [0.3, 0.4) is 0 Å². The zero-order valence-corrected chi connectivity index (χ0v) is 18.4. The molecule has 0 radical (unpaired) electrons. The molecule has 2 aromatic rings. The number of rotatable bonds is 4. The lowest BCUT2D eigenvalue weighted by Crippen LogP contribution is -2.55. The highest BCUT2D eigenvalue weighted by Crippen LogP contribution is 2.61. The van der Waals surface area contributed by atoms with Gasteiger partial charge in [-0.2, -0.15) is 13.2 Å². The third-order valence-electron chi connectivity index (χ3n) is 6.18. The van der Waals surface area contributed by atoms with Gasteiger partial charge < -0.3 is 9.84 Å². The average molecular weight is 469 g/mol. The Kier molecular flexibility index (Phi) is 5.09. The molecule has 0 spiro atoms. The maximum Gasteiger partial charge on any atom is 0.423 e. The number of alkyl halides is 3. The number of carboxylic acids is 1.